The van der Waals surface area contributed by atoms with Gasteiger partial charge in [0, 0.05) is 18.6 Å². The molecule has 0 radical (unpaired) electrons. The third kappa shape index (κ3) is 4.96. The second-order valence-corrected chi connectivity index (χ2v) is 6.67. The maximum atomic E-state index is 5.96. The molecule has 0 amide bonds. The van der Waals surface area contributed by atoms with Crippen molar-refractivity contribution in [3.63, 3.8) is 0 Å². The Morgan fingerprint density at radius 3 is 2.32 bits per heavy atom. The van der Waals surface area contributed by atoms with E-state index in [-0.39, 0.29) is 5.54 Å². The molecule has 0 saturated heterocycles. The van der Waals surface area contributed by atoms with Crippen LogP contribution in [-0.2, 0) is 6.54 Å². The Bertz CT molecular complexity index is 369. The van der Waals surface area contributed by atoms with Crippen molar-refractivity contribution in [2.75, 3.05) is 6.54 Å². The Hall–Kier alpha value is -0.860. The molecule has 2 rings (SSSR count). The maximum absolute atomic E-state index is 5.96. The number of nitrogens with two attached hydrogens (primary N) is 1. The summed E-state index contributed by atoms with van der Waals surface area (Å²) in [6, 6.07) is 9.17. The van der Waals surface area contributed by atoms with Gasteiger partial charge >= 0.3 is 0 Å². The lowest BCUT2D eigenvalue weighted by Crippen LogP contribution is -2.42. The second-order valence-electron chi connectivity index (χ2n) is 6.67. The fourth-order valence-corrected chi connectivity index (χ4v) is 2.87. The zero-order chi connectivity index (χ0) is 13.7. The van der Waals surface area contributed by atoms with Gasteiger partial charge in [-0.15, -0.1) is 0 Å². The van der Waals surface area contributed by atoms with Crippen molar-refractivity contribution < 1.29 is 0 Å². The Morgan fingerprint density at radius 1 is 1.11 bits per heavy atom. The molecule has 0 atom stereocenters. The number of rotatable bonds is 5. The third-order valence-electron chi connectivity index (χ3n) is 3.97. The number of benzene rings is 1. The van der Waals surface area contributed by atoms with Crippen LogP contribution < -0.4 is 11.1 Å². The van der Waals surface area contributed by atoms with E-state index in [0.717, 1.165) is 19.0 Å². The Labute approximate surface area is 117 Å². The summed E-state index contributed by atoms with van der Waals surface area (Å²) in [5.74, 6) is 0.804. The summed E-state index contributed by atoms with van der Waals surface area (Å²) in [5.41, 5.74) is 8.70. The quantitative estimate of drug-likeness (QED) is 0.849. The second kappa shape index (κ2) is 6.53. The van der Waals surface area contributed by atoms with Crippen LogP contribution in [0.15, 0.2) is 24.3 Å². The van der Waals surface area contributed by atoms with Crippen molar-refractivity contribution in [2.24, 2.45) is 5.73 Å². The first-order valence-electron chi connectivity index (χ1n) is 7.63. The number of hydrogen-bond acceptors (Lipinski definition) is 2. The molecule has 2 heteroatoms. The smallest absolute Gasteiger partial charge is 0.0223 e. The van der Waals surface area contributed by atoms with E-state index in [1.807, 2.05) is 13.8 Å². The lowest BCUT2D eigenvalue weighted by Gasteiger charge is -2.22. The molecule has 2 nitrogen and oxygen atoms in total. The Kier molecular flexibility index (Phi) is 5.00. The molecule has 1 aromatic carbocycles. The monoisotopic (exact) mass is 260 g/mol. The highest BCUT2D eigenvalue weighted by Crippen LogP contribution is 2.32. The van der Waals surface area contributed by atoms with E-state index in [4.69, 9.17) is 5.73 Å². The van der Waals surface area contributed by atoms with Crippen molar-refractivity contribution in [3.05, 3.63) is 35.4 Å². The highest BCUT2D eigenvalue weighted by atomic mass is 14.9. The molecule has 1 saturated carbocycles. The molecule has 0 unspecified atom stereocenters. The first-order valence-corrected chi connectivity index (χ1v) is 7.63. The summed E-state index contributed by atoms with van der Waals surface area (Å²) in [6.45, 7) is 5.85. The van der Waals surface area contributed by atoms with E-state index in [2.05, 4.69) is 29.6 Å². The van der Waals surface area contributed by atoms with Gasteiger partial charge in [-0.1, -0.05) is 43.5 Å². The zero-order valence-corrected chi connectivity index (χ0v) is 12.4. The third-order valence-corrected chi connectivity index (χ3v) is 3.97. The van der Waals surface area contributed by atoms with Crippen LogP contribution in [0, 0.1) is 0 Å². The lowest BCUT2D eigenvalue weighted by molar-refractivity contribution is 0.443. The standard InChI is InChI=1S/C17H28N2/c1-17(2,18)13-19-12-14-8-10-16(11-9-14)15-6-4-3-5-7-15/h8-11,15,19H,3-7,12-13,18H2,1-2H3. The molecule has 3 N–H and O–H groups in total. The SMILES string of the molecule is CC(C)(N)CNCc1ccc(C2CCCCC2)cc1. The summed E-state index contributed by atoms with van der Waals surface area (Å²) < 4.78 is 0. The first kappa shape index (κ1) is 14.5. The fourth-order valence-electron chi connectivity index (χ4n) is 2.87. The van der Waals surface area contributed by atoms with Gasteiger partial charge in [0.15, 0.2) is 0 Å². The largest absolute Gasteiger partial charge is 0.324 e. The summed E-state index contributed by atoms with van der Waals surface area (Å²) in [4.78, 5) is 0. The molecule has 0 heterocycles. The van der Waals surface area contributed by atoms with Gasteiger partial charge < -0.3 is 11.1 Å². The maximum Gasteiger partial charge on any atom is 0.0223 e. The average Bonchev–Trinajstić information content (AvgIpc) is 2.39. The van der Waals surface area contributed by atoms with Crippen LogP contribution in [0.5, 0.6) is 0 Å². The number of hydrogen-bond donors (Lipinski definition) is 2. The van der Waals surface area contributed by atoms with Crippen molar-refractivity contribution in [1.29, 1.82) is 0 Å². The topological polar surface area (TPSA) is 38.0 Å². The van der Waals surface area contributed by atoms with Gasteiger partial charge in [0.2, 0.25) is 0 Å². The van der Waals surface area contributed by atoms with Crippen LogP contribution in [0.3, 0.4) is 0 Å². The molecule has 1 aliphatic carbocycles. The molecular weight excluding hydrogens is 232 g/mol. The van der Waals surface area contributed by atoms with Crippen molar-refractivity contribution >= 4 is 0 Å². The summed E-state index contributed by atoms with van der Waals surface area (Å²) >= 11 is 0. The van der Waals surface area contributed by atoms with Gasteiger partial charge in [-0.25, -0.2) is 0 Å². The van der Waals surface area contributed by atoms with Crippen molar-refractivity contribution in [2.45, 2.75) is 64.0 Å². The highest BCUT2D eigenvalue weighted by molar-refractivity contribution is 5.25. The highest BCUT2D eigenvalue weighted by Gasteiger charge is 2.15. The van der Waals surface area contributed by atoms with Gasteiger partial charge in [-0.05, 0) is 43.7 Å². The minimum atomic E-state index is -0.137. The molecule has 0 bridgehead atoms. The van der Waals surface area contributed by atoms with Crippen LogP contribution in [0.1, 0.15) is 63.0 Å². The molecule has 1 fully saturated rings. The molecule has 106 valence electrons. The van der Waals surface area contributed by atoms with Gasteiger partial charge in [0.05, 0.1) is 0 Å². The lowest BCUT2D eigenvalue weighted by atomic mass is 9.84. The molecule has 19 heavy (non-hydrogen) atoms. The Morgan fingerprint density at radius 2 is 1.74 bits per heavy atom. The van der Waals surface area contributed by atoms with E-state index in [1.54, 1.807) is 0 Å². The minimum absolute atomic E-state index is 0.137. The molecule has 0 spiro atoms. The van der Waals surface area contributed by atoms with Gasteiger partial charge in [0.1, 0.15) is 0 Å². The normalized spacial score (nSPS) is 17.6. The van der Waals surface area contributed by atoms with Crippen LogP contribution in [0.25, 0.3) is 0 Å². The first-order chi connectivity index (χ1) is 9.04. The summed E-state index contributed by atoms with van der Waals surface area (Å²) in [7, 11) is 0. The molecular formula is C17H28N2. The fraction of sp³-hybridized carbons (Fsp3) is 0.647. The van der Waals surface area contributed by atoms with Crippen LogP contribution >= 0.6 is 0 Å². The molecule has 1 aliphatic rings. The summed E-state index contributed by atoms with van der Waals surface area (Å²) in [6.07, 6.45) is 6.98. The van der Waals surface area contributed by atoms with E-state index in [0.29, 0.717) is 0 Å². The van der Waals surface area contributed by atoms with E-state index >= 15 is 0 Å². The molecule has 0 aliphatic heterocycles. The minimum Gasteiger partial charge on any atom is -0.324 e. The van der Waals surface area contributed by atoms with Gasteiger partial charge in [0.25, 0.3) is 0 Å². The van der Waals surface area contributed by atoms with Gasteiger partial charge in [-0.2, -0.15) is 0 Å². The van der Waals surface area contributed by atoms with Crippen molar-refractivity contribution in [1.82, 2.24) is 5.32 Å². The number of nitrogens with one attached hydrogen (secondary N) is 1. The zero-order valence-electron chi connectivity index (χ0n) is 12.4. The van der Waals surface area contributed by atoms with E-state index < -0.39 is 0 Å². The van der Waals surface area contributed by atoms with Crippen molar-refractivity contribution in [3.8, 4) is 0 Å². The Balaban J connectivity index is 1.84. The predicted octanol–water partition coefficient (Wildman–Crippen LogP) is 3.56. The molecule has 1 aromatic rings. The van der Waals surface area contributed by atoms with E-state index in [9.17, 15) is 0 Å². The predicted molar refractivity (Wildman–Crippen MR) is 82.2 cm³/mol. The summed E-state index contributed by atoms with van der Waals surface area (Å²) in [5, 5.41) is 3.42. The van der Waals surface area contributed by atoms with E-state index in [1.165, 1.54) is 43.2 Å². The van der Waals surface area contributed by atoms with Gasteiger partial charge in [-0.3, -0.25) is 0 Å². The van der Waals surface area contributed by atoms with Crippen LogP contribution in [0.4, 0.5) is 0 Å². The van der Waals surface area contributed by atoms with Crippen LogP contribution in [-0.4, -0.2) is 12.1 Å². The molecule has 0 aromatic heterocycles. The van der Waals surface area contributed by atoms with Crippen LogP contribution in [0.2, 0.25) is 0 Å². The average molecular weight is 260 g/mol.